The zero-order valence-electron chi connectivity index (χ0n) is 11.2. The third-order valence-electron chi connectivity index (χ3n) is 3.35. The molecule has 3 aromatic rings. The van der Waals surface area contributed by atoms with Crippen LogP contribution >= 0.6 is 0 Å². The summed E-state index contributed by atoms with van der Waals surface area (Å²) in [5.41, 5.74) is 3.82. The van der Waals surface area contributed by atoms with Gasteiger partial charge in [-0.05, 0) is 19.9 Å². The first-order valence-electron chi connectivity index (χ1n) is 6.20. The van der Waals surface area contributed by atoms with E-state index in [2.05, 4.69) is 15.3 Å². The number of hydrogen-bond acceptors (Lipinski definition) is 4. The summed E-state index contributed by atoms with van der Waals surface area (Å²) in [4.78, 5) is 9.12. The zero-order valence-corrected chi connectivity index (χ0v) is 11.2. The number of benzene rings is 1. The molecule has 96 valence electrons. The molecule has 1 aromatic carbocycles. The van der Waals surface area contributed by atoms with Crippen molar-refractivity contribution in [3.63, 3.8) is 0 Å². The van der Waals surface area contributed by atoms with E-state index in [4.69, 9.17) is 4.42 Å². The molecule has 0 aliphatic carbocycles. The summed E-state index contributed by atoms with van der Waals surface area (Å²) in [5.74, 6) is 1.55. The number of aromatic nitrogens is 2. The summed E-state index contributed by atoms with van der Waals surface area (Å²) in [6.45, 7) is 4.00. The van der Waals surface area contributed by atoms with Crippen molar-refractivity contribution in [2.45, 2.75) is 13.8 Å². The van der Waals surface area contributed by atoms with Crippen LogP contribution in [0, 0.1) is 13.8 Å². The summed E-state index contributed by atoms with van der Waals surface area (Å²) in [6, 6.07) is 7.90. The zero-order chi connectivity index (χ0) is 13.4. The van der Waals surface area contributed by atoms with E-state index in [-0.39, 0.29) is 0 Å². The van der Waals surface area contributed by atoms with Crippen LogP contribution in [0.25, 0.3) is 22.4 Å². The molecule has 0 atom stereocenters. The van der Waals surface area contributed by atoms with E-state index >= 15 is 0 Å². The van der Waals surface area contributed by atoms with Gasteiger partial charge in [-0.25, -0.2) is 9.97 Å². The Hall–Kier alpha value is -2.36. The van der Waals surface area contributed by atoms with Crippen LogP contribution in [0.15, 0.2) is 34.9 Å². The predicted molar refractivity (Wildman–Crippen MR) is 76.3 cm³/mol. The number of para-hydroxylation sites is 1. The van der Waals surface area contributed by atoms with E-state index in [9.17, 15) is 0 Å². The molecule has 4 heteroatoms. The molecule has 1 N–H and O–H groups in total. The second-order valence-electron chi connectivity index (χ2n) is 4.50. The first kappa shape index (κ1) is 11.7. The van der Waals surface area contributed by atoms with E-state index in [0.717, 1.165) is 33.6 Å². The molecule has 0 spiro atoms. The third-order valence-corrected chi connectivity index (χ3v) is 3.35. The highest BCUT2D eigenvalue weighted by Gasteiger charge is 2.13. The molecule has 0 radical (unpaired) electrons. The fourth-order valence-electron chi connectivity index (χ4n) is 2.14. The lowest BCUT2D eigenvalue weighted by atomic mass is 10.1. The molecular formula is C15H15N3O. The van der Waals surface area contributed by atoms with Crippen molar-refractivity contribution in [3.05, 3.63) is 41.8 Å². The average Bonchev–Trinajstić information content (AvgIpc) is 2.85. The monoisotopic (exact) mass is 253 g/mol. The lowest BCUT2D eigenvalue weighted by molar-refractivity contribution is 0.616. The molecule has 3 rings (SSSR count). The van der Waals surface area contributed by atoms with Gasteiger partial charge in [0.1, 0.15) is 17.7 Å². The summed E-state index contributed by atoms with van der Waals surface area (Å²) in [6.07, 6.45) is 1.72. The molecule has 0 bridgehead atoms. The number of anilines is 1. The van der Waals surface area contributed by atoms with Crippen molar-refractivity contribution >= 4 is 16.8 Å². The number of fused-ring (bicyclic) bond motifs is 1. The van der Waals surface area contributed by atoms with Gasteiger partial charge < -0.3 is 9.73 Å². The van der Waals surface area contributed by atoms with Crippen LogP contribution in [0.3, 0.4) is 0 Å². The van der Waals surface area contributed by atoms with E-state index in [1.54, 1.807) is 6.26 Å². The van der Waals surface area contributed by atoms with Gasteiger partial charge in [0.25, 0.3) is 0 Å². The molecule has 0 saturated carbocycles. The van der Waals surface area contributed by atoms with Gasteiger partial charge >= 0.3 is 0 Å². The minimum absolute atomic E-state index is 0.692. The average molecular weight is 253 g/mol. The number of hydrogen-bond donors (Lipinski definition) is 1. The Morgan fingerprint density at radius 1 is 1.11 bits per heavy atom. The molecule has 19 heavy (non-hydrogen) atoms. The summed E-state index contributed by atoms with van der Waals surface area (Å²) in [7, 11) is 1.87. The van der Waals surface area contributed by atoms with Crippen LogP contribution in [0.4, 0.5) is 5.82 Å². The number of aryl methyl sites for hydroxylation is 1. The van der Waals surface area contributed by atoms with Gasteiger partial charge in [0.05, 0.1) is 5.56 Å². The summed E-state index contributed by atoms with van der Waals surface area (Å²) in [5, 5.41) is 4.14. The van der Waals surface area contributed by atoms with Gasteiger partial charge in [0.15, 0.2) is 5.82 Å². The highest BCUT2D eigenvalue weighted by molar-refractivity contribution is 5.92. The van der Waals surface area contributed by atoms with Gasteiger partial charge in [-0.2, -0.15) is 0 Å². The SMILES string of the molecule is CNc1nc(-c2coc3ccccc23)nc(C)c1C. The second-order valence-corrected chi connectivity index (χ2v) is 4.50. The van der Waals surface area contributed by atoms with Crippen LogP contribution in [0.5, 0.6) is 0 Å². The molecular weight excluding hydrogens is 238 g/mol. The lowest BCUT2D eigenvalue weighted by Gasteiger charge is -2.08. The maximum atomic E-state index is 5.55. The molecule has 0 fully saturated rings. The Bertz CT molecular complexity index is 746. The minimum Gasteiger partial charge on any atom is -0.464 e. The Morgan fingerprint density at radius 2 is 1.89 bits per heavy atom. The fourth-order valence-corrected chi connectivity index (χ4v) is 2.14. The second kappa shape index (κ2) is 4.39. The summed E-state index contributed by atoms with van der Waals surface area (Å²) >= 11 is 0. The Balaban J connectivity index is 2.24. The first-order chi connectivity index (χ1) is 9.20. The normalized spacial score (nSPS) is 10.9. The van der Waals surface area contributed by atoms with Crippen molar-refractivity contribution in [3.8, 4) is 11.4 Å². The van der Waals surface area contributed by atoms with Crippen LogP contribution in [-0.4, -0.2) is 17.0 Å². The van der Waals surface area contributed by atoms with Gasteiger partial charge in [0, 0.05) is 23.7 Å². The number of furan rings is 1. The standard InChI is InChI=1S/C15H15N3O/c1-9-10(2)17-15(18-14(9)16-3)12-8-19-13-7-5-4-6-11(12)13/h4-8H,1-3H3,(H,16,17,18). The Kier molecular flexibility index (Phi) is 2.71. The van der Waals surface area contributed by atoms with E-state index < -0.39 is 0 Å². The summed E-state index contributed by atoms with van der Waals surface area (Å²) < 4.78 is 5.55. The minimum atomic E-state index is 0.692. The van der Waals surface area contributed by atoms with Crippen LogP contribution in [0.2, 0.25) is 0 Å². The fraction of sp³-hybridized carbons (Fsp3) is 0.200. The van der Waals surface area contributed by atoms with E-state index in [1.165, 1.54) is 0 Å². The third kappa shape index (κ3) is 1.85. The van der Waals surface area contributed by atoms with Crippen molar-refractivity contribution in [1.29, 1.82) is 0 Å². The highest BCUT2D eigenvalue weighted by atomic mass is 16.3. The number of nitrogens with zero attached hydrogens (tertiary/aromatic N) is 2. The predicted octanol–water partition coefficient (Wildman–Crippen LogP) is 3.55. The molecule has 4 nitrogen and oxygen atoms in total. The molecule has 2 aromatic heterocycles. The molecule has 0 saturated heterocycles. The van der Waals surface area contributed by atoms with Crippen LogP contribution in [0.1, 0.15) is 11.3 Å². The Morgan fingerprint density at radius 3 is 2.68 bits per heavy atom. The van der Waals surface area contributed by atoms with Gasteiger partial charge in [-0.1, -0.05) is 18.2 Å². The van der Waals surface area contributed by atoms with Crippen molar-refractivity contribution < 1.29 is 4.42 Å². The maximum Gasteiger partial charge on any atom is 0.165 e. The van der Waals surface area contributed by atoms with Gasteiger partial charge in [-0.15, -0.1) is 0 Å². The van der Waals surface area contributed by atoms with Gasteiger partial charge in [-0.3, -0.25) is 0 Å². The number of rotatable bonds is 2. The maximum absolute atomic E-state index is 5.55. The molecule has 0 amide bonds. The Labute approximate surface area is 111 Å². The largest absolute Gasteiger partial charge is 0.464 e. The molecule has 0 aliphatic heterocycles. The van der Waals surface area contributed by atoms with Crippen molar-refractivity contribution in [2.24, 2.45) is 0 Å². The van der Waals surface area contributed by atoms with Crippen molar-refractivity contribution in [1.82, 2.24) is 9.97 Å². The van der Waals surface area contributed by atoms with E-state index in [0.29, 0.717) is 5.82 Å². The van der Waals surface area contributed by atoms with Crippen LogP contribution < -0.4 is 5.32 Å². The molecule has 0 unspecified atom stereocenters. The quantitative estimate of drug-likeness (QED) is 0.758. The molecule has 2 heterocycles. The topological polar surface area (TPSA) is 51.0 Å². The van der Waals surface area contributed by atoms with E-state index in [1.807, 2.05) is 45.2 Å². The van der Waals surface area contributed by atoms with Crippen LogP contribution in [-0.2, 0) is 0 Å². The molecule has 0 aliphatic rings. The highest BCUT2D eigenvalue weighted by Crippen LogP contribution is 2.29. The smallest absolute Gasteiger partial charge is 0.165 e. The number of nitrogens with one attached hydrogen (secondary N) is 1. The van der Waals surface area contributed by atoms with Gasteiger partial charge in [0.2, 0.25) is 0 Å². The first-order valence-corrected chi connectivity index (χ1v) is 6.20. The van der Waals surface area contributed by atoms with Crippen molar-refractivity contribution in [2.75, 3.05) is 12.4 Å². The lowest BCUT2D eigenvalue weighted by Crippen LogP contribution is -2.02.